The summed E-state index contributed by atoms with van der Waals surface area (Å²) in [7, 11) is 1.69. The molecule has 4 nitrogen and oxygen atoms in total. The van der Waals surface area contributed by atoms with Crippen LogP contribution in [0.3, 0.4) is 0 Å². The highest BCUT2D eigenvalue weighted by molar-refractivity contribution is 5.90. The number of aliphatic hydroxyl groups excluding tert-OH is 1. The summed E-state index contributed by atoms with van der Waals surface area (Å²) >= 11 is 0. The van der Waals surface area contributed by atoms with Gasteiger partial charge in [-0.3, -0.25) is 0 Å². The van der Waals surface area contributed by atoms with Gasteiger partial charge in [-0.1, -0.05) is 42.5 Å². The first kappa shape index (κ1) is 16.9. The van der Waals surface area contributed by atoms with Crippen LogP contribution in [-0.2, 0) is 4.74 Å². The molecule has 0 radical (unpaired) electrons. The first-order valence-electron chi connectivity index (χ1n) is 7.62. The van der Waals surface area contributed by atoms with Gasteiger partial charge in [-0.2, -0.15) is 0 Å². The van der Waals surface area contributed by atoms with E-state index in [0.717, 1.165) is 11.1 Å². The van der Waals surface area contributed by atoms with Crippen LogP contribution in [0.2, 0.25) is 0 Å². The molecule has 0 bridgehead atoms. The second-order valence-electron chi connectivity index (χ2n) is 5.21. The highest BCUT2D eigenvalue weighted by Crippen LogP contribution is 2.19. The maximum Gasteiger partial charge on any atom is 0.338 e. The van der Waals surface area contributed by atoms with Crippen molar-refractivity contribution in [3.05, 3.63) is 60.2 Å². The van der Waals surface area contributed by atoms with E-state index in [2.05, 4.69) is 4.99 Å². The second kappa shape index (κ2) is 8.86. The molecule has 2 rings (SSSR count). The van der Waals surface area contributed by atoms with E-state index >= 15 is 0 Å². The third-order valence-electron chi connectivity index (χ3n) is 3.45. The molecule has 120 valence electrons. The largest absolute Gasteiger partial charge is 0.459 e. The molecule has 0 aliphatic carbocycles. The first-order valence-corrected chi connectivity index (χ1v) is 7.62. The summed E-state index contributed by atoms with van der Waals surface area (Å²) in [6, 6.07) is 17.2. The summed E-state index contributed by atoms with van der Waals surface area (Å²) in [5.41, 5.74) is 2.62. The minimum absolute atomic E-state index is 0.00315. The maximum atomic E-state index is 12.0. The van der Waals surface area contributed by atoms with Crippen molar-refractivity contribution in [1.82, 2.24) is 0 Å². The van der Waals surface area contributed by atoms with Gasteiger partial charge in [0.1, 0.15) is 6.61 Å². The van der Waals surface area contributed by atoms with Crippen molar-refractivity contribution in [1.29, 1.82) is 0 Å². The Morgan fingerprint density at radius 3 is 2.43 bits per heavy atom. The molecule has 0 fully saturated rings. The van der Waals surface area contributed by atoms with Crippen LogP contribution in [-0.4, -0.2) is 37.0 Å². The minimum Gasteiger partial charge on any atom is -0.459 e. The molecule has 0 spiro atoms. The lowest BCUT2D eigenvalue weighted by atomic mass is 10.0. The Morgan fingerprint density at radius 1 is 1.13 bits per heavy atom. The van der Waals surface area contributed by atoms with E-state index in [4.69, 9.17) is 4.74 Å². The lowest BCUT2D eigenvalue weighted by Crippen LogP contribution is -2.18. The quantitative estimate of drug-likeness (QED) is 0.630. The zero-order valence-corrected chi connectivity index (χ0v) is 13.2. The van der Waals surface area contributed by atoms with Gasteiger partial charge in [0.2, 0.25) is 0 Å². The van der Waals surface area contributed by atoms with Gasteiger partial charge in [0.05, 0.1) is 11.7 Å². The van der Waals surface area contributed by atoms with E-state index < -0.39 is 12.1 Å². The summed E-state index contributed by atoms with van der Waals surface area (Å²) in [5.74, 6) is -0.423. The molecule has 0 unspecified atom stereocenters. The summed E-state index contributed by atoms with van der Waals surface area (Å²) in [5, 5.41) is 9.73. The van der Waals surface area contributed by atoms with E-state index in [9.17, 15) is 9.90 Å². The monoisotopic (exact) mass is 311 g/mol. The second-order valence-corrected chi connectivity index (χ2v) is 5.21. The Kier molecular flexibility index (Phi) is 6.51. The molecule has 0 heterocycles. The lowest BCUT2D eigenvalue weighted by molar-refractivity contribution is 0.0244. The predicted octanol–water partition coefficient (Wildman–Crippen LogP) is 3.35. The number of carbonyl (C=O) groups excluding carboxylic acids is 1. The number of aliphatic hydroxyl groups is 1. The molecular weight excluding hydrogens is 290 g/mol. The van der Waals surface area contributed by atoms with Crippen molar-refractivity contribution in [2.75, 3.05) is 13.7 Å². The Labute approximate surface area is 136 Å². The van der Waals surface area contributed by atoms with Crippen LogP contribution in [0.1, 0.15) is 23.2 Å². The van der Waals surface area contributed by atoms with Gasteiger partial charge in [-0.15, -0.1) is 0 Å². The fraction of sp³-hybridized carbons (Fsp3) is 0.263. The van der Waals surface area contributed by atoms with Crippen molar-refractivity contribution in [3.63, 3.8) is 0 Å². The SMILES string of the molecule is CN=CCC[C@H](O)COC(=O)c1ccc(-c2ccccc2)cc1. The molecule has 23 heavy (non-hydrogen) atoms. The molecule has 1 atom stereocenters. The fourth-order valence-electron chi connectivity index (χ4n) is 2.16. The molecule has 2 aromatic carbocycles. The third kappa shape index (κ3) is 5.34. The summed E-state index contributed by atoms with van der Waals surface area (Å²) in [6.45, 7) is -0.00315. The average molecular weight is 311 g/mol. The number of carbonyl (C=O) groups is 1. The van der Waals surface area contributed by atoms with E-state index in [1.807, 2.05) is 42.5 Å². The van der Waals surface area contributed by atoms with Gasteiger partial charge in [-0.05, 0) is 42.3 Å². The molecular formula is C19H21NO3. The fourth-order valence-corrected chi connectivity index (χ4v) is 2.16. The lowest BCUT2D eigenvalue weighted by Gasteiger charge is -2.10. The standard InChI is InChI=1S/C19H21NO3/c1-20-13-5-8-18(21)14-23-19(22)17-11-9-16(10-12-17)15-6-3-2-4-7-15/h2-4,6-7,9-13,18,21H,5,8,14H2,1H3/t18-/m0/s1. The van der Waals surface area contributed by atoms with E-state index in [-0.39, 0.29) is 6.61 Å². The average Bonchev–Trinajstić information content (AvgIpc) is 2.61. The molecule has 0 amide bonds. The number of rotatable bonds is 7. The van der Waals surface area contributed by atoms with Crippen molar-refractivity contribution in [2.45, 2.75) is 18.9 Å². The zero-order valence-electron chi connectivity index (χ0n) is 13.2. The predicted molar refractivity (Wildman–Crippen MR) is 91.8 cm³/mol. The first-order chi connectivity index (χ1) is 11.2. The van der Waals surface area contributed by atoms with Crippen LogP contribution in [0.25, 0.3) is 11.1 Å². The smallest absolute Gasteiger partial charge is 0.338 e. The summed E-state index contributed by atoms with van der Waals surface area (Å²) < 4.78 is 5.13. The Balaban J connectivity index is 1.88. The normalized spacial score (nSPS) is 12.3. The van der Waals surface area contributed by atoms with E-state index in [0.29, 0.717) is 18.4 Å². The van der Waals surface area contributed by atoms with Crippen LogP contribution in [0.4, 0.5) is 0 Å². The number of benzene rings is 2. The van der Waals surface area contributed by atoms with Crippen molar-refractivity contribution in [2.24, 2.45) is 4.99 Å². The van der Waals surface area contributed by atoms with E-state index in [1.165, 1.54) is 0 Å². The van der Waals surface area contributed by atoms with Gasteiger partial charge in [-0.25, -0.2) is 4.79 Å². The highest BCUT2D eigenvalue weighted by atomic mass is 16.5. The Bertz CT molecular complexity index is 635. The van der Waals surface area contributed by atoms with Crippen LogP contribution in [0, 0.1) is 0 Å². The van der Waals surface area contributed by atoms with Gasteiger partial charge >= 0.3 is 5.97 Å². The number of ether oxygens (including phenoxy) is 1. The molecule has 0 aromatic heterocycles. The van der Waals surface area contributed by atoms with Gasteiger partial charge in [0.15, 0.2) is 0 Å². The molecule has 0 saturated carbocycles. The van der Waals surface area contributed by atoms with Crippen LogP contribution in [0.15, 0.2) is 59.6 Å². The van der Waals surface area contributed by atoms with Crippen molar-refractivity contribution >= 4 is 12.2 Å². The molecule has 1 N–H and O–H groups in total. The summed E-state index contributed by atoms with van der Waals surface area (Å²) in [4.78, 5) is 15.8. The molecule has 4 heteroatoms. The number of hydrogen-bond donors (Lipinski definition) is 1. The van der Waals surface area contributed by atoms with Crippen molar-refractivity contribution in [3.8, 4) is 11.1 Å². The van der Waals surface area contributed by atoms with Crippen LogP contribution in [0.5, 0.6) is 0 Å². The molecule has 0 aliphatic heterocycles. The zero-order chi connectivity index (χ0) is 16.5. The van der Waals surface area contributed by atoms with E-state index in [1.54, 1.807) is 25.4 Å². The highest BCUT2D eigenvalue weighted by Gasteiger charge is 2.11. The van der Waals surface area contributed by atoms with Gasteiger partial charge in [0.25, 0.3) is 0 Å². The molecule has 0 aliphatic rings. The van der Waals surface area contributed by atoms with Crippen LogP contribution >= 0.6 is 0 Å². The van der Waals surface area contributed by atoms with Crippen LogP contribution < -0.4 is 0 Å². The Morgan fingerprint density at radius 2 is 1.78 bits per heavy atom. The number of nitrogens with zero attached hydrogens (tertiary/aromatic N) is 1. The van der Waals surface area contributed by atoms with Crippen molar-refractivity contribution < 1.29 is 14.6 Å². The number of esters is 1. The summed E-state index contributed by atoms with van der Waals surface area (Å²) in [6.07, 6.45) is 2.26. The Hall–Kier alpha value is -2.46. The van der Waals surface area contributed by atoms with Gasteiger partial charge < -0.3 is 14.8 Å². The minimum atomic E-state index is -0.666. The van der Waals surface area contributed by atoms with Gasteiger partial charge in [0, 0.05) is 7.05 Å². The third-order valence-corrected chi connectivity index (χ3v) is 3.45. The molecule has 2 aromatic rings. The number of aliphatic imine (C=N–C) groups is 1. The molecule has 0 saturated heterocycles. The maximum absolute atomic E-state index is 12.0. The number of hydrogen-bond acceptors (Lipinski definition) is 4. The topological polar surface area (TPSA) is 58.9 Å².